The van der Waals surface area contributed by atoms with E-state index < -0.39 is 11.9 Å². The van der Waals surface area contributed by atoms with Gasteiger partial charge in [-0.3, -0.25) is 9.59 Å². The molecule has 1 saturated heterocycles. The summed E-state index contributed by atoms with van der Waals surface area (Å²) >= 11 is 0. The van der Waals surface area contributed by atoms with Gasteiger partial charge in [-0.25, -0.2) is 0 Å². The van der Waals surface area contributed by atoms with Gasteiger partial charge in [-0.2, -0.15) is 0 Å². The third kappa shape index (κ3) is 5.16. The Morgan fingerprint density at radius 1 is 1.26 bits per heavy atom. The number of ether oxygens (including phenoxy) is 2. The molecule has 2 atom stereocenters. The number of aliphatic carboxylic acids is 1. The average molecular weight is 273 g/mol. The lowest BCUT2D eigenvalue weighted by atomic mass is 9.93. The van der Waals surface area contributed by atoms with Crippen LogP contribution in [0, 0.1) is 5.92 Å². The fourth-order valence-electron chi connectivity index (χ4n) is 2.20. The maximum Gasteiger partial charge on any atom is 0.308 e. The Kier molecular flexibility index (Phi) is 6.80. The first-order chi connectivity index (χ1) is 9.06. The number of hydrogen-bond donors (Lipinski definition) is 1. The van der Waals surface area contributed by atoms with Gasteiger partial charge in [-0.1, -0.05) is 0 Å². The quantitative estimate of drug-likeness (QED) is 0.693. The number of carbonyl (C=O) groups is 2. The van der Waals surface area contributed by atoms with Crippen LogP contribution in [0.3, 0.4) is 0 Å². The normalized spacial score (nSPS) is 23.4. The van der Waals surface area contributed by atoms with Gasteiger partial charge in [0.1, 0.15) is 0 Å². The van der Waals surface area contributed by atoms with E-state index >= 15 is 0 Å². The lowest BCUT2D eigenvalue weighted by molar-refractivity contribution is -0.147. The van der Waals surface area contributed by atoms with Crippen molar-refractivity contribution in [1.29, 1.82) is 0 Å². The Labute approximate surface area is 113 Å². The molecular formula is C13H23NO5. The molecule has 110 valence electrons. The molecule has 6 heteroatoms. The molecule has 1 amide bonds. The molecule has 19 heavy (non-hydrogen) atoms. The zero-order valence-corrected chi connectivity index (χ0v) is 11.6. The molecule has 6 nitrogen and oxygen atoms in total. The molecule has 0 aromatic carbocycles. The second-order valence-corrected chi connectivity index (χ2v) is 4.86. The lowest BCUT2D eigenvalue weighted by Crippen LogP contribution is -2.47. The molecule has 1 fully saturated rings. The highest BCUT2D eigenvalue weighted by molar-refractivity contribution is 5.78. The summed E-state index contributed by atoms with van der Waals surface area (Å²) in [5.74, 6) is -1.29. The summed E-state index contributed by atoms with van der Waals surface area (Å²) < 4.78 is 10.1. The van der Waals surface area contributed by atoms with Crippen LogP contribution >= 0.6 is 0 Å². The summed E-state index contributed by atoms with van der Waals surface area (Å²) in [6.07, 6.45) is 1.68. The molecular weight excluding hydrogens is 250 g/mol. The van der Waals surface area contributed by atoms with Crippen molar-refractivity contribution in [2.75, 3.05) is 33.5 Å². The van der Waals surface area contributed by atoms with Crippen molar-refractivity contribution in [3.05, 3.63) is 0 Å². The summed E-state index contributed by atoms with van der Waals surface area (Å²) in [6, 6.07) is 0.113. The molecule has 1 aliphatic heterocycles. The van der Waals surface area contributed by atoms with Crippen molar-refractivity contribution in [2.45, 2.75) is 32.2 Å². The Morgan fingerprint density at radius 3 is 2.63 bits per heavy atom. The topological polar surface area (TPSA) is 76.1 Å². The maximum absolute atomic E-state index is 12.0. The van der Waals surface area contributed by atoms with Crippen LogP contribution < -0.4 is 0 Å². The highest BCUT2D eigenvalue weighted by atomic mass is 16.5. The van der Waals surface area contributed by atoms with Crippen LogP contribution in [0.15, 0.2) is 0 Å². The number of hydrogen-bond acceptors (Lipinski definition) is 4. The summed E-state index contributed by atoms with van der Waals surface area (Å²) in [5, 5.41) is 9.02. The van der Waals surface area contributed by atoms with E-state index in [1.165, 1.54) is 0 Å². The highest BCUT2D eigenvalue weighted by Crippen LogP contribution is 2.22. The molecule has 0 radical (unpaired) electrons. The van der Waals surface area contributed by atoms with Gasteiger partial charge in [0.15, 0.2) is 0 Å². The Bertz CT molecular complexity index is 307. The first-order valence-electron chi connectivity index (χ1n) is 6.65. The molecule has 0 aromatic rings. The van der Waals surface area contributed by atoms with E-state index in [1.807, 2.05) is 6.92 Å². The fraction of sp³-hybridized carbons (Fsp3) is 0.846. The van der Waals surface area contributed by atoms with E-state index in [0.29, 0.717) is 39.2 Å². The molecule has 1 heterocycles. The second kappa shape index (κ2) is 8.12. The van der Waals surface area contributed by atoms with Crippen molar-refractivity contribution in [1.82, 2.24) is 4.90 Å². The summed E-state index contributed by atoms with van der Waals surface area (Å²) in [6.45, 7) is 3.60. The molecule has 1 aliphatic rings. The zero-order chi connectivity index (χ0) is 14.3. The van der Waals surface area contributed by atoms with Gasteiger partial charge in [-0.05, 0) is 19.8 Å². The third-order valence-corrected chi connectivity index (χ3v) is 3.44. The molecule has 0 spiro atoms. The largest absolute Gasteiger partial charge is 0.481 e. The molecule has 0 aromatic heterocycles. The van der Waals surface area contributed by atoms with Gasteiger partial charge in [-0.15, -0.1) is 0 Å². The molecule has 0 saturated carbocycles. The summed E-state index contributed by atoms with van der Waals surface area (Å²) in [7, 11) is 1.59. The van der Waals surface area contributed by atoms with E-state index in [4.69, 9.17) is 14.6 Å². The number of carboxylic acid groups (broad SMARTS) is 1. The minimum atomic E-state index is -0.818. The van der Waals surface area contributed by atoms with Crippen LogP contribution in [0.4, 0.5) is 0 Å². The number of piperidine rings is 1. The Balaban J connectivity index is 2.34. The van der Waals surface area contributed by atoms with Crippen molar-refractivity contribution in [2.24, 2.45) is 5.92 Å². The van der Waals surface area contributed by atoms with Crippen LogP contribution in [0.1, 0.15) is 26.2 Å². The van der Waals surface area contributed by atoms with Crippen LogP contribution in [-0.2, 0) is 19.1 Å². The molecule has 0 aliphatic carbocycles. The maximum atomic E-state index is 12.0. The number of carboxylic acids is 1. The minimum absolute atomic E-state index is 0.0316. The van der Waals surface area contributed by atoms with Crippen molar-refractivity contribution < 1.29 is 24.2 Å². The van der Waals surface area contributed by atoms with Gasteiger partial charge < -0.3 is 19.5 Å². The number of nitrogens with zero attached hydrogens (tertiary/aromatic N) is 1. The zero-order valence-electron chi connectivity index (χ0n) is 11.6. The third-order valence-electron chi connectivity index (χ3n) is 3.44. The predicted molar refractivity (Wildman–Crippen MR) is 68.8 cm³/mol. The van der Waals surface area contributed by atoms with Crippen LogP contribution in [0.2, 0.25) is 0 Å². The van der Waals surface area contributed by atoms with Crippen molar-refractivity contribution >= 4 is 11.9 Å². The molecule has 1 N–H and O–H groups in total. The highest BCUT2D eigenvalue weighted by Gasteiger charge is 2.32. The van der Waals surface area contributed by atoms with Gasteiger partial charge in [0.25, 0.3) is 0 Å². The lowest BCUT2D eigenvalue weighted by Gasteiger charge is -2.36. The fourth-order valence-corrected chi connectivity index (χ4v) is 2.20. The van der Waals surface area contributed by atoms with Crippen LogP contribution in [-0.4, -0.2) is 61.4 Å². The average Bonchev–Trinajstić information content (AvgIpc) is 2.38. The van der Waals surface area contributed by atoms with E-state index in [1.54, 1.807) is 12.0 Å². The molecule has 0 bridgehead atoms. The predicted octanol–water partition coefficient (Wildman–Crippen LogP) is 0.751. The van der Waals surface area contributed by atoms with Gasteiger partial charge in [0.05, 0.1) is 32.2 Å². The van der Waals surface area contributed by atoms with Crippen LogP contribution in [0.25, 0.3) is 0 Å². The smallest absolute Gasteiger partial charge is 0.308 e. The SMILES string of the molecule is COCCOCCC(=O)N1CC(C(=O)O)CCC1C. The van der Waals surface area contributed by atoms with E-state index in [-0.39, 0.29) is 11.9 Å². The van der Waals surface area contributed by atoms with Crippen molar-refractivity contribution in [3.63, 3.8) is 0 Å². The monoisotopic (exact) mass is 273 g/mol. The summed E-state index contributed by atoms with van der Waals surface area (Å²) in [5.41, 5.74) is 0. The Morgan fingerprint density at radius 2 is 2.00 bits per heavy atom. The minimum Gasteiger partial charge on any atom is -0.481 e. The van der Waals surface area contributed by atoms with Crippen LogP contribution in [0.5, 0.6) is 0 Å². The van der Waals surface area contributed by atoms with Gasteiger partial charge >= 0.3 is 5.97 Å². The van der Waals surface area contributed by atoms with Crippen molar-refractivity contribution in [3.8, 4) is 0 Å². The van der Waals surface area contributed by atoms with E-state index in [0.717, 1.165) is 6.42 Å². The van der Waals surface area contributed by atoms with E-state index in [2.05, 4.69) is 0 Å². The Hall–Kier alpha value is -1.14. The van der Waals surface area contributed by atoms with E-state index in [9.17, 15) is 9.59 Å². The summed E-state index contributed by atoms with van der Waals surface area (Å²) in [4.78, 5) is 24.7. The number of likely N-dealkylation sites (tertiary alicyclic amines) is 1. The standard InChI is InChI=1S/C13H23NO5/c1-10-3-4-11(13(16)17)9-14(10)12(15)5-6-19-8-7-18-2/h10-11H,3-9H2,1-2H3,(H,16,17). The number of amides is 1. The molecule has 1 rings (SSSR count). The second-order valence-electron chi connectivity index (χ2n) is 4.86. The number of methoxy groups -OCH3 is 1. The first-order valence-corrected chi connectivity index (χ1v) is 6.65. The molecule has 2 unspecified atom stereocenters. The number of rotatable bonds is 7. The van der Waals surface area contributed by atoms with Gasteiger partial charge in [0, 0.05) is 19.7 Å². The van der Waals surface area contributed by atoms with Gasteiger partial charge in [0.2, 0.25) is 5.91 Å². The number of carbonyl (C=O) groups excluding carboxylic acids is 1. The first kappa shape index (κ1) is 15.9.